The first kappa shape index (κ1) is 20.4. The number of hydrogen-bond donors (Lipinski definition) is 2. The van der Waals surface area contributed by atoms with E-state index in [1.54, 1.807) is 9.80 Å². The minimum atomic E-state index is -0.591. The molecule has 0 aromatic heterocycles. The van der Waals surface area contributed by atoms with Gasteiger partial charge in [-0.05, 0) is 0 Å². The van der Waals surface area contributed by atoms with Gasteiger partial charge in [0, 0.05) is 16.7 Å². The van der Waals surface area contributed by atoms with Crippen molar-refractivity contribution in [2.75, 3.05) is 45.9 Å². The number of piperazine rings is 1. The van der Waals surface area contributed by atoms with Gasteiger partial charge in [0.15, 0.2) is 0 Å². The molecule has 3 aromatic rings. The van der Waals surface area contributed by atoms with Gasteiger partial charge < -0.3 is 19.3 Å². The van der Waals surface area contributed by atoms with E-state index in [-0.39, 0.29) is 0 Å². The lowest BCUT2D eigenvalue weighted by atomic mass is 9.96. The van der Waals surface area contributed by atoms with Gasteiger partial charge in [-0.15, -0.1) is 0 Å². The van der Waals surface area contributed by atoms with E-state index in [0.29, 0.717) is 19.3 Å². The maximum atomic E-state index is 6.19. The van der Waals surface area contributed by atoms with Crippen molar-refractivity contribution in [1.29, 1.82) is 0 Å². The fraction of sp³-hybridized carbons (Fsp3) is 0.333. The summed E-state index contributed by atoms with van der Waals surface area (Å²) >= 11 is 0. The molecule has 2 fully saturated rings. The van der Waals surface area contributed by atoms with Crippen molar-refractivity contribution >= 4 is 0 Å². The molecule has 0 atom stereocenters. The highest BCUT2D eigenvalue weighted by Gasteiger charge is 2.44. The van der Waals surface area contributed by atoms with Gasteiger partial charge in [-0.25, -0.2) is 0 Å². The molecule has 3 aromatic carbocycles. The molecule has 2 saturated heterocycles. The van der Waals surface area contributed by atoms with Crippen LogP contribution in [0.4, 0.5) is 0 Å². The van der Waals surface area contributed by atoms with Crippen molar-refractivity contribution in [3.63, 3.8) is 0 Å². The fourth-order valence-corrected chi connectivity index (χ4v) is 5.19. The molecule has 2 aliphatic heterocycles. The molecule has 4 nitrogen and oxygen atoms in total. The third-order valence-electron chi connectivity index (χ3n) is 6.72. The minimum Gasteiger partial charge on any atom is -0.339 e. The average Bonchev–Trinajstić information content (AvgIpc) is 3.32. The Morgan fingerprint density at radius 2 is 1.13 bits per heavy atom. The Balaban J connectivity index is 1.31. The van der Waals surface area contributed by atoms with Crippen molar-refractivity contribution in [3.05, 3.63) is 108 Å². The Kier molecular flexibility index (Phi) is 6.14. The van der Waals surface area contributed by atoms with Gasteiger partial charge in [-0.1, -0.05) is 91.0 Å². The summed E-state index contributed by atoms with van der Waals surface area (Å²) in [6, 6.07) is 32.8. The number of benzene rings is 3. The Hall–Kier alpha value is -2.50. The van der Waals surface area contributed by atoms with Crippen molar-refractivity contribution in [2.24, 2.45) is 0 Å². The number of ether oxygens (including phenoxy) is 2. The molecule has 5 rings (SSSR count). The third-order valence-corrected chi connectivity index (χ3v) is 6.72. The monoisotopic (exact) mass is 416 g/mol. The molecule has 31 heavy (non-hydrogen) atoms. The van der Waals surface area contributed by atoms with E-state index in [2.05, 4.69) is 91.0 Å². The number of nitrogens with one attached hydrogen (secondary N) is 2. The zero-order chi connectivity index (χ0) is 20.9. The molecule has 2 N–H and O–H groups in total. The Labute approximate surface area is 185 Å². The summed E-state index contributed by atoms with van der Waals surface area (Å²) in [7, 11) is 0. The van der Waals surface area contributed by atoms with Crippen LogP contribution in [0.2, 0.25) is 0 Å². The van der Waals surface area contributed by atoms with Gasteiger partial charge in [-0.3, -0.25) is 0 Å². The SMILES string of the molecule is c1ccc(C(c2ccccc2)[NH+]2CC[NH+](CC3(c4ccccc4)OCCO3)CC2)cc1. The molecule has 4 heteroatoms. The van der Waals surface area contributed by atoms with Crippen molar-refractivity contribution in [1.82, 2.24) is 0 Å². The van der Waals surface area contributed by atoms with Crippen LogP contribution in [0.15, 0.2) is 91.0 Å². The molecule has 0 saturated carbocycles. The van der Waals surface area contributed by atoms with Crippen LogP contribution in [-0.4, -0.2) is 45.9 Å². The number of hydrogen-bond acceptors (Lipinski definition) is 2. The van der Waals surface area contributed by atoms with E-state index in [0.717, 1.165) is 38.3 Å². The largest absolute Gasteiger partial charge is 0.339 e. The summed E-state index contributed by atoms with van der Waals surface area (Å²) < 4.78 is 12.4. The molecule has 160 valence electrons. The maximum Gasteiger partial charge on any atom is 0.246 e. The Bertz CT molecular complexity index is 895. The smallest absolute Gasteiger partial charge is 0.246 e. The Morgan fingerprint density at radius 3 is 1.65 bits per heavy atom. The van der Waals surface area contributed by atoms with Crippen molar-refractivity contribution in [2.45, 2.75) is 11.8 Å². The average molecular weight is 417 g/mol. The van der Waals surface area contributed by atoms with E-state index in [4.69, 9.17) is 9.47 Å². The highest BCUT2D eigenvalue weighted by atomic mass is 16.7. The molecular weight excluding hydrogens is 384 g/mol. The topological polar surface area (TPSA) is 27.3 Å². The van der Waals surface area contributed by atoms with Crippen LogP contribution < -0.4 is 9.80 Å². The summed E-state index contributed by atoms with van der Waals surface area (Å²) in [5.74, 6) is -0.591. The first-order chi connectivity index (χ1) is 15.3. The zero-order valence-electron chi connectivity index (χ0n) is 18.0. The van der Waals surface area contributed by atoms with Crippen LogP contribution in [-0.2, 0) is 15.3 Å². The number of quaternary nitrogens is 2. The molecule has 0 spiro atoms. The first-order valence-corrected chi connectivity index (χ1v) is 11.5. The maximum absolute atomic E-state index is 6.19. The lowest BCUT2D eigenvalue weighted by Gasteiger charge is -2.38. The van der Waals surface area contributed by atoms with E-state index in [1.807, 2.05) is 0 Å². The highest BCUT2D eigenvalue weighted by Crippen LogP contribution is 2.30. The predicted octanol–water partition coefficient (Wildman–Crippen LogP) is 1.46. The first-order valence-electron chi connectivity index (χ1n) is 11.5. The van der Waals surface area contributed by atoms with Crippen LogP contribution in [0.25, 0.3) is 0 Å². The minimum absolute atomic E-state index is 0.381. The van der Waals surface area contributed by atoms with Crippen molar-refractivity contribution in [3.8, 4) is 0 Å². The second-order valence-corrected chi connectivity index (χ2v) is 8.66. The molecule has 0 radical (unpaired) electrons. The molecular formula is C27H32N2O2+2. The summed E-state index contributed by atoms with van der Waals surface area (Å²) in [5, 5.41) is 0. The quantitative estimate of drug-likeness (QED) is 0.637. The molecule has 0 aliphatic carbocycles. The second-order valence-electron chi connectivity index (χ2n) is 8.66. The van der Waals surface area contributed by atoms with Crippen LogP contribution >= 0.6 is 0 Å². The van der Waals surface area contributed by atoms with E-state index in [9.17, 15) is 0 Å². The predicted molar refractivity (Wildman–Crippen MR) is 121 cm³/mol. The van der Waals surface area contributed by atoms with Gasteiger partial charge in [-0.2, -0.15) is 0 Å². The van der Waals surface area contributed by atoms with Crippen LogP contribution in [0.3, 0.4) is 0 Å². The van der Waals surface area contributed by atoms with Gasteiger partial charge in [0.05, 0.1) is 13.2 Å². The van der Waals surface area contributed by atoms with E-state index >= 15 is 0 Å². The standard InChI is InChI=1S/C27H30N2O2/c1-4-10-23(11-5-1)26(24-12-6-2-7-13-24)29-18-16-28(17-19-29)22-27(30-20-21-31-27)25-14-8-3-9-15-25/h1-15,26H,16-22H2/p+2. The van der Waals surface area contributed by atoms with Crippen molar-refractivity contribution < 1.29 is 19.3 Å². The summed E-state index contributed by atoms with van der Waals surface area (Å²) in [4.78, 5) is 3.21. The number of rotatable bonds is 6. The van der Waals surface area contributed by atoms with E-state index < -0.39 is 5.79 Å². The molecule has 0 bridgehead atoms. The summed E-state index contributed by atoms with van der Waals surface area (Å²) in [5.41, 5.74) is 3.94. The Morgan fingerprint density at radius 1 is 0.645 bits per heavy atom. The van der Waals surface area contributed by atoms with E-state index in [1.165, 1.54) is 11.1 Å². The van der Waals surface area contributed by atoms with Gasteiger partial charge in [0.2, 0.25) is 5.79 Å². The lowest BCUT2D eigenvalue weighted by molar-refractivity contribution is -1.03. The van der Waals surface area contributed by atoms with Crippen LogP contribution in [0, 0.1) is 0 Å². The molecule has 2 aliphatic rings. The van der Waals surface area contributed by atoms with Crippen LogP contribution in [0.1, 0.15) is 22.7 Å². The third kappa shape index (κ3) is 4.43. The lowest BCUT2D eigenvalue weighted by Crippen LogP contribution is -3.28. The molecule has 0 amide bonds. The second kappa shape index (κ2) is 9.33. The normalized spacial score (nSPS) is 23.1. The zero-order valence-corrected chi connectivity index (χ0v) is 18.0. The van der Waals surface area contributed by atoms with Gasteiger partial charge in [0.1, 0.15) is 38.8 Å². The van der Waals surface area contributed by atoms with Crippen LogP contribution in [0.5, 0.6) is 0 Å². The van der Waals surface area contributed by atoms with Gasteiger partial charge in [0.25, 0.3) is 0 Å². The summed E-state index contributed by atoms with van der Waals surface area (Å²) in [6.45, 7) is 6.71. The molecule has 2 heterocycles. The molecule has 0 unspecified atom stereocenters. The van der Waals surface area contributed by atoms with Gasteiger partial charge >= 0.3 is 0 Å². The fourth-order valence-electron chi connectivity index (χ4n) is 5.19. The summed E-state index contributed by atoms with van der Waals surface area (Å²) in [6.07, 6.45) is 0. The highest BCUT2D eigenvalue weighted by molar-refractivity contribution is 5.29.